The smallest absolute Gasteiger partial charge is 0.185 e. The Balaban J connectivity index is 1.55. The van der Waals surface area contributed by atoms with E-state index in [1.807, 2.05) is 24.0 Å². The maximum atomic E-state index is 5.00. The van der Waals surface area contributed by atoms with Crippen LogP contribution in [0.3, 0.4) is 0 Å². The van der Waals surface area contributed by atoms with Crippen LogP contribution in [0.1, 0.15) is 49.4 Å². The van der Waals surface area contributed by atoms with Gasteiger partial charge in [-0.15, -0.1) is 5.10 Å². The molecule has 8 heteroatoms. The fourth-order valence-electron chi connectivity index (χ4n) is 4.69. The van der Waals surface area contributed by atoms with E-state index in [-0.39, 0.29) is 0 Å². The Labute approximate surface area is 194 Å². The standard InChI is InChI=1S/C25H32N8/c1-18-16-22(27-32(18)21-8-6-5-7-9-21)25-26-24(29-33(25)23-14-15-31(4)28-23)20-12-10-19(11-13-20)17-30(2)3/h10-16,21H,5-9,17H2,1-4H3. The van der Waals surface area contributed by atoms with E-state index in [9.17, 15) is 0 Å². The van der Waals surface area contributed by atoms with E-state index in [1.54, 1.807) is 4.68 Å². The normalized spacial score (nSPS) is 14.9. The summed E-state index contributed by atoms with van der Waals surface area (Å²) in [6, 6.07) is 13.0. The summed E-state index contributed by atoms with van der Waals surface area (Å²) in [6.07, 6.45) is 8.18. The number of nitrogens with zero attached hydrogens (tertiary/aromatic N) is 8. The fourth-order valence-corrected chi connectivity index (χ4v) is 4.69. The van der Waals surface area contributed by atoms with Crippen LogP contribution in [-0.4, -0.2) is 53.3 Å². The van der Waals surface area contributed by atoms with Crippen molar-refractivity contribution in [2.45, 2.75) is 51.6 Å². The van der Waals surface area contributed by atoms with Gasteiger partial charge in [-0.3, -0.25) is 9.36 Å². The molecule has 0 bridgehead atoms. The van der Waals surface area contributed by atoms with E-state index in [0.717, 1.165) is 29.4 Å². The van der Waals surface area contributed by atoms with Crippen molar-refractivity contribution in [3.05, 3.63) is 53.9 Å². The minimum Gasteiger partial charge on any atom is -0.305 e. The molecule has 5 rings (SSSR count). The SMILES string of the molecule is Cc1cc(-c2nc(-c3ccc(CN(C)C)cc3)nn2-c2ccn(C)n2)nn1C1CCCCC1. The van der Waals surface area contributed by atoms with E-state index in [4.69, 9.17) is 15.2 Å². The second-order valence-electron chi connectivity index (χ2n) is 9.36. The average molecular weight is 445 g/mol. The van der Waals surface area contributed by atoms with Crippen LogP contribution in [-0.2, 0) is 13.6 Å². The summed E-state index contributed by atoms with van der Waals surface area (Å²) in [6.45, 7) is 3.04. The van der Waals surface area contributed by atoms with Gasteiger partial charge in [0.1, 0.15) is 5.69 Å². The average Bonchev–Trinajstić information content (AvgIpc) is 3.52. The topological polar surface area (TPSA) is 69.6 Å². The van der Waals surface area contributed by atoms with Gasteiger partial charge in [0, 0.05) is 37.1 Å². The molecule has 1 aliphatic carbocycles. The highest BCUT2D eigenvalue weighted by Crippen LogP contribution is 2.31. The molecule has 0 aliphatic heterocycles. The third kappa shape index (κ3) is 4.48. The van der Waals surface area contributed by atoms with Crippen LogP contribution in [0.4, 0.5) is 0 Å². The van der Waals surface area contributed by atoms with Crippen molar-refractivity contribution in [1.82, 2.24) is 39.2 Å². The highest BCUT2D eigenvalue weighted by molar-refractivity contribution is 5.61. The molecule has 0 saturated heterocycles. The second-order valence-corrected chi connectivity index (χ2v) is 9.36. The Morgan fingerprint density at radius 1 is 0.970 bits per heavy atom. The molecule has 0 amide bonds. The van der Waals surface area contributed by atoms with Gasteiger partial charge in [0.2, 0.25) is 0 Å². The van der Waals surface area contributed by atoms with Gasteiger partial charge in [-0.05, 0) is 45.5 Å². The summed E-state index contributed by atoms with van der Waals surface area (Å²) in [5, 5.41) is 14.4. The molecule has 0 atom stereocenters. The molecule has 8 nitrogen and oxygen atoms in total. The predicted octanol–water partition coefficient (Wildman–Crippen LogP) is 4.41. The molecular formula is C25H32N8. The molecule has 172 valence electrons. The first-order chi connectivity index (χ1) is 16.0. The molecule has 1 aliphatic rings. The lowest BCUT2D eigenvalue weighted by atomic mass is 9.95. The van der Waals surface area contributed by atoms with Gasteiger partial charge in [-0.2, -0.15) is 14.9 Å². The largest absolute Gasteiger partial charge is 0.305 e. The van der Waals surface area contributed by atoms with Crippen LogP contribution >= 0.6 is 0 Å². The first kappa shape index (κ1) is 21.6. The molecule has 3 aromatic heterocycles. The zero-order valence-corrected chi connectivity index (χ0v) is 19.9. The number of aromatic nitrogens is 7. The van der Waals surface area contributed by atoms with Gasteiger partial charge in [0.25, 0.3) is 0 Å². The van der Waals surface area contributed by atoms with Gasteiger partial charge < -0.3 is 4.90 Å². The highest BCUT2D eigenvalue weighted by atomic mass is 15.4. The lowest BCUT2D eigenvalue weighted by Gasteiger charge is -2.23. The van der Waals surface area contributed by atoms with Crippen LogP contribution in [0, 0.1) is 6.92 Å². The highest BCUT2D eigenvalue weighted by Gasteiger charge is 2.23. The zero-order valence-electron chi connectivity index (χ0n) is 19.9. The first-order valence-electron chi connectivity index (χ1n) is 11.8. The molecular weight excluding hydrogens is 412 g/mol. The molecule has 0 unspecified atom stereocenters. The summed E-state index contributed by atoms with van der Waals surface area (Å²) < 4.78 is 5.79. The lowest BCUT2D eigenvalue weighted by molar-refractivity contribution is 0.325. The van der Waals surface area contributed by atoms with Gasteiger partial charge in [0.05, 0.1) is 6.04 Å². The molecule has 1 saturated carbocycles. The van der Waals surface area contributed by atoms with Crippen LogP contribution < -0.4 is 0 Å². The summed E-state index contributed by atoms with van der Waals surface area (Å²) in [5.41, 5.74) is 4.25. The van der Waals surface area contributed by atoms with E-state index in [0.29, 0.717) is 11.9 Å². The van der Waals surface area contributed by atoms with Crippen LogP contribution in [0.15, 0.2) is 42.6 Å². The Bertz CT molecular complexity index is 1220. The van der Waals surface area contributed by atoms with Crippen LogP contribution in [0.25, 0.3) is 28.7 Å². The molecule has 33 heavy (non-hydrogen) atoms. The number of hydrogen-bond donors (Lipinski definition) is 0. The first-order valence-corrected chi connectivity index (χ1v) is 11.8. The maximum absolute atomic E-state index is 5.00. The molecule has 3 heterocycles. The fraction of sp³-hybridized carbons (Fsp3) is 0.440. The Morgan fingerprint density at radius 3 is 2.39 bits per heavy atom. The van der Waals surface area contributed by atoms with Crippen molar-refractivity contribution >= 4 is 0 Å². The minimum atomic E-state index is 0.474. The summed E-state index contributed by atoms with van der Waals surface area (Å²) in [4.78, 5) is 7.10. The molecule has 0 spiro atoms. The Hall–Kier alpha value is -3.26. The third-order valence-corrected chi connectivity index (χ3v) is 6.31. The molecule has 0 radical (unpaired) electrons. The number of hydrogen-bond acceptors (Lipinski definition) is 5. The van der Waals surface area contributed by atoms with E-state index >= 15 is 0 Å². The number of benzene rings is 1. The van der Waals surface area contributed by atoms with Gasteiger partial charge in [-0.1, -0.05) is 43.5 Å². The van der Waals surface area contributed by atoms with Gasteiger partial charge in [0.15, 0.2) is 17.5 Å². The minimum absolute atomic E-state index is 0.474. The van der Waals surface area contributed by atoms with Gasteiger partial charge >= 0.3 is 0 Å². The van der Waals surface area contributed by atoms with Crippen LogP contribution in [0.2, 0.25) is 0 Å². The van der Waals surface area contributed by atoms with Crippen molar-refractivity contribution in [3.63, 3.8) is 0 Å². The van der Waals surface area contributed by atoms with Crippen LogP contribution in [0.5, 0.6) is 0 Å². The quantitative estimate of drug-likeness (QED) is 0.441. The van der Waals surface area contributed by atoms with Crippen molar-refractivity contribution in [2.24, 2.45) is 7.05 Å². The lowest BCUT2D eigenvalue weighted by Crippen LogP contribution is -2.15. The number of aryl methyl sites for hydroxylation is 2. The van der Waals surface area contributed by atoms with Crippen molar-refractivity contribution < 1.29 is 0 Å². The molecule has 1 fully saturated rings. The number of rotatable bonds is 6. The zero-order chi connectivity index (χ0) is 22.9. The molecule has 0 N–H and O–H groups in total. The van der Waals surface area contributed by atoms with E-state index in [1.165, 1.54) is 43.4 Å². The van der Waals surface area contributed by atoms with Gasteiger partial charge in [-0.25, -0.2) is 4.98 Å². The summed E-state index contributed by atoms with van der Waals surface area (Å²) in [5.74, 6) is 2.14. The summed E-state index contributed by atoms with van der Waals surface area (Å²) >= 11 is 0. The van der Waals surface area contributed by atoms with Crippen molar-refractivity contribution in [2.75, 3.05) is 14.1 Å². The van der Waals surface area contributed by atoms with E-state index < -0.39 is 0 Å². The van der Waals surface area contributed by atoms with E-state index in [2.05, 4.69) is 66.0 Å². The molecule has 1 aromatic carbocycles. The second kappa shape index (κ2) is 8.94. The Morgan fingerprint density at radius 2 is 1.73 bits per heavy atom. The monoisotopic (exact) mass is 444 g/mol. The predicted molar refractivity (Wildman–Crippen MR) is 129 cm³/mol. The van der Waals surface area contributed by atoms with Crippen molar-refractivity contribution in [1.29, 1.82) is 0 Å². The Kier molecular flexibility index (Phi) is 5.85. The maximum Gasteiger partial charge on any atom is 0.185 e. The third-order valence-electron chi connectivity index (χ3n) is 6.31. The van der Waals surface area contributed by atoms with Crippen molar-refractivity contribution in [3.8, 4) is 28.7 Å². The summed E-state index contributed by atoms with van der Waals surface area (Å²) in [7, 11) is 6.06. The molecule has 4 aromatic rings.